The van der Waals surface area contributed by atoms with Crippen LogP contribution in [0.5, 0.6) is 5.75 Å². The van der Waals surface area contributed by atoms with Gasteiger partial charge in [-0.15, -0.1) is 0 Å². The lowest BCUT2D eigenvalue weighted by atomic mass is 10.1. The summed E-state index contributed by atoms with van der Waals surface area (Å²) in [6.45, 7) is 6.48. The van der Waals surface area contributed by atoms with E-state index < -0.39 is 6.04 Å². The van der Waals surface area contributed by atoms with Crippen molar-refractivity contribution < 1.29 is 14.6 Å². The summed E-state index contributed by atoms with van der Waals surface area (Å²) in [4.78, 5) is 11.9. The van der Waals surface area contributed by atoms with Crippen LogP contribution in [0.25, 0.3) is 0 Å². The van der Waals surface area contributed by atoms with Crippen molar-refractivity contribution in [2.45, 2.75) is 39.7 Å². The van der Waals surface area contributed by atoms with Gasteiger partial charge >= 0.3 is 5.97 Å². The molecule has 5 heteroatoms. The second-order valence-corrected chi connectivity index (χ2v) is 4.81. The molecule has 2 N–H and O–H groups in total. The molecule has 0 heterocycles. The summed E-state index contributed by atoms with van der Waals surface area (Å²) in [5.41, 5.74) is 0.753. The van der Waals surface area contributed by atoms with Crippen LogP contribution in [-0.2, 0) is 9.53 Å². The van der Waals surface area contributed by atoms with Gasteiger partial charge in [-0.1, -0.05) is 33.3 Å². The number of aromatic hydroxyl groups is 1. The van der Waals surface area contributed by atoms with Crippen molar-refractivity contribution in [2.75, 3.05) is 13.7 Å². The Morgan fingerprint density at radius 2 is 2.10 bits per heavy atom. The molecule has 1 unspecified atom stereocenters. The number of carbonyl (C=O) groups excluding carboxylic acids is 1. The predicted octanol–water partition coefficient (Wildman–Crippen LogP) is 3.78. The number of nitrogens with one attached hydrogen (secondary N) is 1. The van der Waals surface area contributed by atoms with Crippen LogP contribution >= 0.6 is 15.9 Å². The molecule has 0 aliphatic rings. The fraction of sp³-hybridized carbons (Fsp3) is 0.533. The molecule has 1 rings (SSSR count). The number of unbranched alkanes of at least 4 members (excludes halogenated alkanes) is 1. The van der Waals surface area contributed by atoms with Gasteiger partial charge in [0.1, 0.15) is 11.8 Å². The molecule has 0 radical (unpaired) electrons. The number of phenolic OH excluding ortho intramolecular Hbond substituents is 1. The van der Waals surface area contributed by atoms with Crippen LogP contribution < -0.4 is 5.32 Å². The molecule has 0 aliphatic carbocycles. The van der Waals surface area contributed by atoms with Crippen LogP contribution in [0.2, 0.25) is 0 Å². The van der Waals surface area contributed by atoms with Crippen molar-refractivity contribution in [3.05, 3.63) is 28.2 Å². The van der Waals surface area contributed by atoms with Gasteiger partial charge in [0.15, 0.2) is 0 Å². The first-order chi connectivity index (χ1) is 9.60. The number of halogens is 1. The molecule has 1 aromatic carbocycles. The van der Waals surface area contributed by atoms with Gasteiger partial charge < -0.3 is 15.2 Å². The van der Waals surface area contributed by atoms with E-state index in [9.17, 15) is 9.90 Å². The zero-order valence-corrected chi connectivity index (χ0v) is 14.2. The van der Waals surface area contributed by atoms with Crippen molar-refractivity contribution >= 4 is 21.9 Å². The molecule has 114 valence electrons. The molecule has 0 amide bonds. The van der Waals surface area contributed by atoms with E-state index >= 15 is 0 Å². The highest BCUT2D eigenvalue weighted by atomic mass is 79.9. The van der Waals surface area contributed by atoms with E-state index in [1.54, 1.807) is 25.2 Å². The lowest BCUT2D eigenvalue weighted by Crippen LogP contribution is -2.27. The molecule has 4 nitrogen and oxygen atoms in total. The highest BCUT2D eigenvalue weighted by Crippen LogP contribution is 2.27. The summed E-state index contributed by atoms with van der Waals surface area (Å²) in [5.74, 6) is -0.156. The molecule has 0 aromatic heterocycles. The van der Waals surface area contributed by atoms with Gasteiger partial charge in [0.25, 0.3) is 0 Å². The van der Waals surface area contributed by atoms with Gasteiger partial charge in [0, 0.05) is 0 Å². The van der Waals surface area contributed by atoms with Crippen molar-refractivity contribution in [3.8, 4) is 5.75 Å². The normalized spacial score (nSPS) is 11.2. The third kappa shape index (κ3) is 5.92. The van der Waals surface area contributed by atoms with Crippen molar-refractivity contribution in [2.24, 2.45) is 0 Å². The van der Waals surface area contributed by atoms with Crippen LogP contribution in [-0.4, -0.2) is 24.7 Å². The van der Waals surface area contributed by atoms with E-state index in [2.05, 4.69) is 21.2 Å². The molecule has 1 atom stereocenters. The minimum absolute atomic E-state index is 0.146. The summed E-state index contributed by atoms with van der Waals surface area (Å²) >= 11 is 3.23. The van der Waals surface area contributed by atoms with Crippen LogP contribution in [0.3, 0.4) is 0 Å². The maximum absolute atomic E-state index is 11.9. The molecule has 0 fully saturated rings. The van der Waals surface area contributed by atoms with Gasteiger partial charge in [-0.2, -0.15) is 0 Å². The minimum atomic E-state index is -0.515. The highest BCUT2D eigenvalue weighted by Gasteiger charge is 2.20. The zero-order chi connectivity index (χ0) is 15.5. The topological polar surface area (TPSA) is 58.6 Å². The first kappa shape index (κ1) is 18.9. The van der Waals surface area contributed by atoms with Gasteiger partial charge in [0.2, 0.25) is 0 Å². The van der Waals surface area contributed by atoms with E-state index in [1.807, 2.05) is 20.8 Å². The van der Waals surface area contributed by atoms with E-state index in [-0.39, 0.29) is 11.7 Å². The number of rotatable bonds is 6. The highest BCUT2D eigenvalue weighted by molar-refractivity contribution is 9.10. The number of phenols is 1. The predicted molar refractivity (Wildman–Crippen MR) is 84.8 cm³/mol. The molecule has 1 aromatic rings. The molecule has 0 aliphatic heterocycles. The van der Waals surface area contributed by atoms with E-state index in [0.29, 0.717) is 11.1 Å². The van der Waals surface area contributed by atoms with Crippen molar-refractivity contribution in [1.29, 1.82) is 0 Å². The maximum atomic E-state index is 11.9. The standard InChI is InChI=1S/C13H18BrNO3.C2H6/c1-3-4-7-18-13(17)12(15-2)9-5-6-11(16)10(14)8-9;1-2/h5-6,8,12,15-16H,3-4,7H2,1-2H3;1-2H3. The Morgan fingerprint density at radius 1 is 1.45 bits per heavy atom. The number of esters is 1. The number of hydrogen-bond donors (Lipinski definition) is 2. The lowest BCUT2D eigenvalue weighted by molar-refractivity contribution is -0.146. The van der Waals surface area contributed by atoms with Gasteiger partial charge in [-0.3, -0.25) is 0 Å². The number of likely N-dealkylation sites (N-methyl/N-ethyl adjacent to an activating group) is 1. The third-order valence-electron chi connectivity index (χ3n) is 2.57. The number of hydrogen-bond acceptors (Lipinski definition) is 4. The number of benzene rings is 1. The largest absolute Gasteiger partial charge is 0.507 e. The Morgan fingerprint density at radius 3 is 2.60 bits per heavy atom. The summed E-state index contributed by atoms with van der Waals surface area (Å²) in [6, 6.07) is 4.43. The van der Waals surface area contributed by atoms with Crippen LogP contribution in [0.1, 0.15) is 45.2 Å². The van der Waals surface area contributed by atoms with Crippen molar-refractivity contribution in [3.63, 3.8) is 0 Å². The smallest absolute Gasteiger partial charge is 0.327 e. The van der Waals surface area contributed by atoms with Crippen LogP contribution in [0, 0.1) is 0 Å². The minimum Gasteiger partial charge on any atom is -0.507 e. The Labute approximate surface area is 129 Å². The Bertz CT molecular complexity index is 410. The average molecular weight is 346 g/mol. The van der Waals surface area contributed by atoms with Crippen LogP contribution in [0.15, 0.2) is 22.7 Å². The van der Waals surface area contributed by atoms with E-state index in [0.717, 1.165) is 18.4 Å². The Balaban J connectivity index is 0.00000172. The fourth-order valence-electron chi connectivity index (χ4n) is 1.52. The number of ether oxygens (including phenoxy) is 1. The maximum Gasteiger partial charge on any atom is 0.327 e. The molecular weight excluding hydrogens is 322 g/mol. The first-order valence-electron chi connectivity index (χ1n) is 6.92. The quantitative estimate of drug-likeness (QED) is 0.608. The summed E-state index contributed by atoms with van der Waals surface area (Å²) in [7, 11) is 1.70. The summed E-state index contributed by atoms with van der Waals surface area (Å²) in [6.07, 6.45) is 1.85. The summed E-state index contributed by atoms with van der Waals surface area (Å²) < 4.78 is 5.74. The average Bonchev–Trinajstić information content (AvgIpc) is 2.46. The van der Waals surface area contributed by atoms with Gasteiger partial charge in [-0.05, 0) is 47.1 Å². The first-order valence-corrected chi connectivity index (χ1v) is 7.71. The number of carbonyl (C=O) groups is 1. The fourth-order valence-corrected chi connectivity index (χ4v) is 1.92. The molecule has 0 saturated heterocycles. The molecular formula is C15H24BrNO3. The molecule has 20 heavy (non-hydrogen) atoms. The second kappa shape index (κ2) is 10.7. The van der Waals surface area contributed by atoms with Gasteiger partial charge in [-0.25, -0.2) is 4.79 Å². The van der Waals surface area contributed by atoms with E-state index in [4.69, 9.17) is 4.74 Å². The SMILES string of the molecule is CC.CCCCOC(=O)C(NC)c1ccc(O)c(Br)c1. The van der Waals surface area contributed by atoms with Crippen LogP contribution in [0.4, 0.5) is 0 Å². The Kier molecular flexibility index (Phi) is 10.1. The van der Waals surface area contributed by atoms with E-state index in [1.165, 1.54) is 0 Å². The molecule has 0 bridgehead atoms. The third-order valence-corrected chi connectivity index (χ3v) is 3.21. The lowest BCUT2D eigenvalue weighted by Gasteiger charge is -2.16. The molecule has 0 saturated carbocycles. The second-order valence-electron chi connectivity index (χ2n) is 3.95. The van der Waals surface area contributed by atoms with Crippen molar-refractivity contribution in [1.82, 2.24) is 5.32 Å². The Hall–Kier alpha value is -1.07. The monoisotopic (exact) mass is 345 g/mol. The zero-order valence-electron chi connectivity index (χ0n) is 12.6. The summed E-state index contributed by atoms with van der Waals surface area (Å²) in [5, 5.41) is 12.3. The molecule has 0 spiro atoms. The van der Waals surface area contributed by atoms with Gasteiger partial charge in [0.05, 0.1) is 11.1 Å².